The van der Waals surface area contributed by atoms with Crippen LogP contribution in [0.15, 0.2) is 90.3 Å². The van der Waals surface area contributed by atoms with Gasteiger partial charge in [0.2, 0.25) is 5.95 Å². The maximum absolute atomic E-state index is 13.7. The Labute approximate surface area is 198 Å². The van der Waals surface area contributed by atoms with E-state index in [2.05, 4.69) is 25.6 Å². The van der Waals surface area contributed by atoms with Crippen molar-refractivity contribution in [2.75, 3.05) is 10.6 Å². The van der Waals surface area contributed by atoms with Crippen LogP contribution >= 0.6 is 0 Å². The summed E-state index contributed by atoms with van der Waals surface area (Å²) in [4.78, 5) is 23.2. The molecule has 12 heteroatoms. The van der Waals surface area contributed by atoms with E-state index >= 15 is 0 Å². The van der Waals surface area contributed by atoms with Crippen LogP contribution in [0.1, 0.15) is 0 Å². The van der Waals surface area contributed by atoms with E-state index in [0.29, 0.717) is 11.0 Å². The molecule has 0 aliphatic carbocycles. The lowest BCUT2D eigenvalue weighted by Gasteiger charge is -2.08. The van der Waals surface area contributed by atoms with E-state index in [1.807, 2.05) is 0 Å². The number of H-pyrrole nitrogens is 1. The second-order valence-electron chi connectivity index (χ2n) is 7.32. The van der Waals surface area contributed by atoms with Crippen molar-refractivity contribution in [3.63, 3.8) is 0 Å². The molecule has 0 bridgehead atoms. The molecule has 0 saturated heterocycles. The number of amides is 2. The molecule has 5 aromatic rings. The molecule has 35 heavy (non-hydrogen) atoms. The predicted molar refractivity (Wildman–Crippen MR) is 127 cm³/mol. The third kappa shape index (κ3) is 4.82. The summed E-state index contributed by atoms with van der Waals surface area (Å²) in [5.74, 6) is -0.444. The Morgan fingerprint density at radius 3 is 2.57 bits per heavy atom. The number of carbonyl (C=O) groups is 1. The number of nitrogens with zero attached hydrogens (tertiary/aromatic N) is 3. The average molecular weight is 492 g/mol. The van der Waals surface area contributed by atoms with Gasteiger partial charge in [-0.25, -0.2) is 19.2 Å². The van der Waals surface area contributed by atoms with Crippen LogP contribution in [0.2, 0.25) is 0 Å². The number of aromatic nitrogens is 4. The molecule has 0 unspecified atom stereocenters. The summed E-state index contributed by atoms with van der Waals surface area (Å²) in [6.45, 7) is 0. The minimum absolute atomic E-state index is 0.0139. The lowest BCUT2D eigenvalue weighted by atomic mass is 10.3. The van der Waals surface area contributed by atoms with Gasteiger partial charge < -0.3 is 19.1 Å². The molecule has 10 nitrogen and oxygen atoms in total. The largest absolute Gasteiger partial charge is 0.379 e. The molecule has 3 aromatic carbocycles. The summed E-state index contributed by atoms with van der Waals surface area (Å²) in [6.07, 6.45) is 4.97. The standard InChI is InChI=1S/C23H17FN6O4S/c24-18-3-1-2-4-19(18)28-23(31)29-22-26-20-10-7-16(13-21(20)27-22)34-35(32,33)17-8-5-15(6-9-17)30-12-11-25-14-30/h1-14H,(H3,26,27,28,29,31). The third-order valence-corrected chi connectivity index (χ3v) is 6.20. The predicted octanol–water partition coefficient (Wildman–Crippen LogP) is 4.30. The molecule has 2 aromatic heterocycles. The highest BCUT2D eigenvalue weighted by Gasteiger charge is 2.18. The van der Waals surface area contributed by atoms with Gasteiger partial charge >= 0.3 is 16.1 Å². The Morgan fingerprint density at radius 2 is 1.83 bits per heavy atom. The van der Waals surface area contributed by atoms with Crippen molar-refractivity contribution in [2.45, 2.75) is 4.90 Å². The van der Waals surface area contributed by atoms with Crippen LogP contribution in [-0.2, 0) is 10.1 Å². The van der Waals surface area contributed by atoms with E-state index in [4.69, 9.17) is 4.18 Å². The Hall–Kier alpha value is -4.71. The maximum Gasteiger partial charge on any atom is 0.339 e. The topological polar surface area (TPSA) is 131 Å². The van der Waals surface area contributed by atoms with Crippen molar-refractivity contribution in [1.82, 2.24) is 19.5 Å². The van der Waals surface area contributed by atoms with E-state index in [9.17, 15) is 17.6 Å². The molecule has 0 aliphatic heterocycles. The summed E-state index contributed by atoms with van der Waals surface area (Å²) in [5.41, 5.74) is 1.65. The first-order valence-corrected chi connectivity index (χ1v) is 11.6. The van der Waals surface area contributed by atoms with Crippen molar-refractivity contribution in [2.24, 2.45) is 0 Å². The van der Waals surface area contributed by atoms with Crippen LogP contribution in [0.3, 0.4) is 0 Å². The van der Waals surface area contributed by atoms with Crippen molar-refractivity contribution >= 4 is 38.8 Å². The Balaban J connectivity index is 1.29. The number of benzene rings is 3. The lowest BCUT2D eigenvalue weighted by Crippen LogP contribution is -2.20. The average Bonchev–Trinajstić information content (AvgIpc) is 3.50. The third-order valence-electron chi connectivity index (χ3n) is 4.94. The van der Waals surface area contributed by atoms with Gasteiger partial charge in [-0.2, -0.15) is 8.42 Å². The van der Waals surface area contributed by atoms with E-state index in [-0.39, 0.29) is 22.3 Å². The normalized spacial score (nSPS) is 11.3. The molecule has 176 valence electrons. The first kappa shape index (κ1) is 22.1. The number of urea groups is 1. The van der Waals surface area contributed by atoms with Gasteiger partial charge in [-0.15, -0.1) is 0 Å². The van der Waals surface area contributed by atoms with Gasteiger partial charge in [-0.1, -0.05) is 12.1 Å². The fourth-order valence-electron chi connectivity index (χ4n) is 3.29. The van der Waals surface area contributed by atoms with Gasteiger partial charge in [-0.3, -0.25) is 5.32 Å². The molecule has 0 spiro atoms. The summed E-state index contributed by atoms with van der Waals surface area (Å²) >= 11 is 0. The highest BCUT2D eigenvalue weighted by atomic mass is 32.2. The summed E-state index contributed by atoms with van der Waals surface area (Å²) in [5, 5.41) is 4.85. The van der Waals surface area contributed by atoms with E-state index in [1.165, 1.54) is 42.5 Å². The quantitative estimate of drug-likeness (QED) is 0.303. The highest BCUT2D eigenvalue weighted by Crippen LogP contribution is 2.24. The van der Waals surface area contributed by atoms with Gasteiger partial charge in [0.25, 0.3) is 0 Å². The van der Waals surface area contributed by atoms with Crippen molar-refractivity contribution in [3.8, 4) is 11.4 Å². The molecule has 0 radical (unpaired) electrons. The Morgan fingerprint density at radius 1 is 1.03 bits per heavy atom. The second kappa shape index (κ2) is 8.91. The van der Waals surface area contributed by atoms with Crippen LogP contribution in [0.4, 0.5) is 20.8 Å². The number of aromatic amines is 1. The number of hydrogen-bond acceptors (Lipinski definition) is 6. The minimum Gasteiger partial charge on any atom is -0.379 e. The zero-order chi connectivity index (χ0) is 24.4. The summed E-state index contributed by atoms with van der Waals surface area (Å²) < 4.78 is 46.2. The SMILES string of the molecule is O=C(Nc1nc2cc(OS(=O)(=O)c3ccc(-n4ccnc4)cc3)ccc2[nH]1)Nc1ccccc1F. The van der Waals surface area contributed by atoms with Crippen LogP contribution in [0.5, 0.6) is 5.75 Å². The molecule has 3 N–H and O–H groups in total. The highest BCUT2D eigenvalue weighted by molar-refractivity contribution is 7.87. The van der Waals surface area contributed by atoms with Crippen LogP contribution < -0.4 is 14.8 Å². The van der Waals surface area contributed by atoms with Gasteiger partial charge in [-0.05, 0) is 48.5 Å². The van der Waals surface area contributed by atoms with Crippen LogP contribution in [-0.4, -0.2) is 34.0 Å². The van der Waals surface area contributed by atoms with Gasteiger partial charge in [0.1, 0.15) is 16.5 Å². The van der Waals surface area contributed by atoms with Gasteiger partial charge in [0.05, 0.1) is 23.0 Å². The molecule has 2 heterocycles. The summed E-state index contributed by atoms with van der Waals surface area (Å²) in [7, 11) is -4.10. The van der Waals surface area contributed by atoms with Crippen molar-refractivity contribution < 1.29 is 21.8 Å². The number of hydrogen-bond donors (Lipinski definition) is 3. The number of fused-ring (bicyclic) bond motifs is 1. The number of para-hydroxylation sites is 1. The number of rotatable bonds is 6. The number of carbonyl (C=O) groups excluding carboxylic acids is 1. The van der Waals surface area contributed by atoms with E-state index < -0.39 is 22.0 Å². The maximum atomic E-state index is 13.7. The zero-order valence-electron chi connectivity index (χ0n) is 17.8. The van der Waals surface area contributed by atoms with Crippen LogP contribution in [0.25, 0.3) is 16.7 Å². The van der Waals surface area contributed by atoms with Gasteiger partial charge in [0.15, 0.2) is 0 Å². The Kier molecular flexibility index (Phi) is 5.63. The first-order valence-electron chi connectivity index (χ1n) is 10.2. The van der Waals surface area contributed by atoms with Crippen molar-refractivity contribution in [1.29, 1.82) is 0 Å². The number of anilines is 2. The molecular formula is C23H17FN6O4S. The smallest absolute Gasteiger partial charge is 0.339 e. The van der Waals surface area contributed by atoms with E-state index in [0.717, 1.165) is 5.69 Å². The molecular weight excluding hydrogens is 475 g/mol. The molecule has 2 amide bonds. The number of imidazole rings is 2. The zero-order valence-corrected chi connectivity index (χ0v) is 18.7. The van der Waals surface area contributed by atoms with E-state index in [1.54, 1.807) is 47.6 Å². The summed E-state index contributed by atoms with van der Waals surface area (Å²) in [6, 6.07) is 15.6. The lowest BCUT2D eigenvalue weighted by molar-refractivity contribution is 0.262. The molecule has 0 fully saturated rings. The van der Waals surface area contributed by atoms with Gasteiger partial charge in [0, 0.05) is 24.1 Å². The minimum atomic E-state index is -4.10. The Bertz CT molecular complexity index is 1620. The second-order valence-corrected chi connectivity index (χ2v) is 8.87. The number of halogens is 1. The fraction of sp³-hybridized carbons (Fsp3) is 0. The number of nitrogens with one attached hydrogen (secondary N) is 3. The molecule has 0 aliphatic rings. The molecule has 0 saturated carbocycles. The first-order chi connectivity index (χ1) is 16.9. The monoisotopic (exact) mass is 492 g/mol. The fourth-order valence-corrected chi connectivity index (χ4v) is 4.21. The van der Waals surface area contributed by atoms with Crippen LogP contribution in [0, 0.1) is 5.82 Å². The molecule has 5 rings (SSSR count). The van der Waals surface area contributed by atoms with Crippen molar-refractivity contribution in [3.05, 3.63) is 91.3 Å². The molecule has 0 atom stereocenters.